The molecule has 0 spiro atoms. The lowest BCUT2D eigenvalue weighted by molar-refractivity contribution is 0.396. The van der Waals surface area contributed by atoms with E-state index < -0.39 is 0 Å². The second kappa shape index (κ2) is 6.65. The average Bonchev–Trinajstić information content (AvgIpc) is 2.26. The molecule has 0 bridgehead atoms. The minimum absolute atomic E-state index is 0.838. The van der Waals surface area contributed by atoms with Crippen LogP contribution in [0.25, 0.3) is 0 Å². The van der Waals surface area contributed by atoms with Crippen LogP contribution in [0.1, 0.15) is 51.9 Å². The molecule has 1 aliphatic carbocycles. The second-order valence-electron chi connectivity index (χ2n) is 4.23. The van der Waals surface area contributed by atoms with Crippen LogP contribution >= 0.6 is 22.6 Å². The van der Waals surface area contributed by atoms with Crippen molar-refractivity contribution in [1.29, 1.82) is 0 Å². The maximum absolute atomic E-state index is 4.25. The summed E-state index contributed by atoms with van der Waals surface area (Å²) in [6.45, 7) is 6.37. The highest BCUT2D eigenvalue weighted by atomic mass is 127. The first-order valence-electron chi connectivity index (χ1n) is 5.72. The van der Waals surface area contributed by atoms with Gasteiger partial charge in [0.15, 0.2) is 0 Å². The van der Waals surface area contributed by atoms with Gasteiger partial charge in [0.25, 0.3) is 0 Å². The van der Waals surface area contributed by atoms with Crippen LogP contribution in [0.4, 0.5) is 0 Å². The molecule has 0 unspecified atom stereocenters. The molecule has 1 aliphatic rings. The van der Waals surface area contributed by atoms with Crippen molar-refractivity contribution >= 4 is 22.6 Å². The Bertz CT molecular complexity index is 209. The van der Waals surface area contributed by atoms with Gasteiger partial charge in [-0.15, -0.1) is 0 Å². The zero-order valence-corrected chi connectivity index (χ0v) is 11.3. The molecule has 1 fully saturated rings. The number of hydrogen-bond donors (Lipinski definition) is 0. The lowest BCUT2D eigenvalue weighted by Crippen LogP contribution is -2.08. The molecule has 0 aromatic carbocycles. The van der Waals surface area contributed by atoms with Crippen molar-refractivity contribution < 1.29 is 0 Å². The van der Waals surface area contributed by atoms with Gasteiger partial charge in [0.2, 0.25) is 0 Å². The minimum Gasteiger partial charge on any atom is -0.0996 e. The predicted molar refractivity (Wildman–Crippen MR) is 72.7 cm³/mol. The summed E-state index contributed by atoms with van der Waals surface area (Å²) in [7, 11) is 0. The number of halogens is 1. The van der Waals surface area contributed by atoms with Crippen LogP contribution in [0.2, 0.25) is 0 Å². The summed E-state index contributed by atoms with van der Waals surface area (Å²) in [5, 5.41) is 0. The smallest absolute Gasteiger partial charge is 0.0133 e. The first kappa shape index (κ1) is 12.3. The van der Waals surface area contributed by atoms with Gasteiger partial charge in [-0.1, -0.05) is 37.5 Å². The van der Waals surface area contributed by atoms with E-state index in [2.05, 4.69) is 42.2 Å². The summed E-state index contributed by atoms with van der Waals surface area (Å²) >= 11 is 2.43. The van der Waals surface area contributed by atoms with Crippen molar-refractivity contribution in [2.45, 2.75) is 51.9 Å². The summed E-state index contributed by atoms with van der Waals surface area (Å²) in [6, 6.07) is 0. The van der Waals surface area contributed by atoms with Crippen molar-refractivity contribution in [3.8, 4) is 0 Å². The molecule has 0 heterocycles. The minimum atomic E-state index is 0.838. The lowest BCUT2D eigenvalue weighted by atomic mass is 9.83. The van der Waals surface area contributed by atoms with Crippen molar-refractivity contribution in [3.63, 3.8) is 0 Å². The van der Waals surface area contributed by atoms with Crippen molar-refractivity contribution in [2.24, 2.45) is 5.92 Å². The molecule has 0 N–H and O–H groups in total. The quantitative estimate of drug-likeness (QED) is 0.492. The number of allylic oxidation sites excluding steroid dienone is 3. The zero-order valence-electron chi connectivity index (χ0n) is 9.19. The fourth-order valence-electron chi connectivity index (χ4n) is 2.14. The van der Waals surface area contributed by atoms with Gasteiger partial charge in [-0.25, -0.2) is 0 Å². The topological polar surface area (TPSA) is 0 Å². The van der Waals surface area contributed by atoms with Gasteiger partial charge < -0.3 is 0 Å². The Morgan fingerprint density at radius 1 is 1.29 bits per heavy atom. The Morgan fingerprint density at radius 2 is 1.93 bits per heavy atom. The molecule has 0 aromatic heterocycles. The molecule has 0 aliphatic heterocycles. The molecule has 14 heavy (non-hydrogen) atoms. The van der Waals surface area contributed by atoms with E-state index in [1.54, 1.807) is 0 Å². The van der Waals surface area contributed by atoms with Crippen LogP contribution in [0.15, 0.2) is 21.8 Å². The molecular formula is C13H21I. The highest BCUT2D eigenvalue weighted by Crippen LogP contribution is 2.32. The summed E-state index contributed by atoms with van der Waals surface area (Å²) in [5.74, 6) is 0.838. The van der Waals surface area contributed by atoms with Gasteiger partial charge in [-0.3, -0.25) is 0 Å². The SMILES string of the molecule is C=C(CC/C(I)=C\C)C1CCCCC1. The van der Waals surface area contributed by atoms with Crippen molar-refractivity contribution in [3.05, 3.63) is 21.8 Å². The fourth-order valence-corrected chi connectivity index (χ4v) is 2.41. The third-order valence-electron chi connectivity index (χ3n) is 3.18. The van der Waals surface area contributed by atoms with Gasteiger partial charge in [-0.05, 0) is 64.7 Å². The molecule has 1 rings (SSSR count). The van der Waals surface area contributed by atoms with Crippen molar-refractivity contribution in [2.75, 3.05) is 0 Å². The van der Waals surface area contributed by atoms with E-state index in [1.165, 1.54) is 54.1 Å². The maximum atomic E-state index is 4.25. The number of hydrogen-bond acceptors (Lipinski definition) is 0. The van der Waals surface area contributed by atoms with E-state index >= 15 is 0 Å². The lowest BCUT2D eigenvalue weighted by Gasteiger charge is -2.23. The second-order valence-corrected chi connectivity index (χ2v) is 5.61. The molecule has 1 saturated carbocycles. The van der Waals surface area contributed by atoms with Gasteiger partial charge in [0, 0.05) is 0 Å². The standard InChI is InChI=1S/C13H21I/c1-3-13(14)10-9-11(2)12-7-5-4-6-8-12/h3,12H,2,4-10H2,1H3/b13-3+. The third kappa shape index (κ3) is 4.16. The Balaban J connectivity index is 2.26. The molecule has 80 valence electrons. The summed E-state index contributed by atoms with van der Waals surface area (Å²) in [6.07, 6.45) is 11.7. The van der Waals surface area contributed by atoms with E-state index in [0.29, 0.717) is 0 Å². The molecule has 0 radical (unpaired) electrons. The van der Waals surface area contributed by atoms with Crippen LogP contribution in [-0.4, -0.2) is 0 Å². The van der Waals surface area contributed by atoms with Crippen LogP contribution in [0.5, 0.6) is 0 Å². The normalized spacial score (nSPS) is 19.7. The van der Waals surface area contributed by atoms with E-state index in [-0.39, 0.29) is 0 Å². The summed E-state index contributed by atoms with van der Waals surface area (Å²) in [5.41, 5.74) is 1.50. The van der Waals surface area contributed by atoms with Gasteiger partial charge in [0.05, 0.1) is 0 Å². The Labute approximate surface area is 102 Å². The Hall–Kier alpha value is 0.210. The zero-order chi connectivity index (χ0) is 10.4. The maximum Gasteiger partial charge on any atom is -0.0133 e. The van der Waals surface area contributed by atoms with E-state index in [1.807, 2.05) is 0 Å². The third-order valence-corrected chi connectivity index (χ3v) is 4.34. The van der Waals surface area contributed by atoms with Gasteiger partial charge in [-0.2, -0.15) is 0 Å². The first-order chi connectivity index (χ1) is 6.74. The van der Waals surface area contributed by atoms with Gasteiger partial charge >= 0.3 is 0 Å². The molecule has 0 aromatic rings. The van der Waals surface area contributed by atoms with Crippen LogP contribution in [0, 0.1) is 5.92 Å². The molecule has 1 heteroatoms. The fraction of sp³-hybridized carbons (Fsp3) is 0.692. The van der Waals surface area contributed by atoms with E-state index in [4.69, 9.17) is 0 Å². The van der Waals surface area contributed by atoms with Crippen LogP contribution in [-0.2, 0) is 0 Å². The molecular weight excluding hydrogens is 283 g/mol. The van der Waals surface area contributed by atoms with Crippen molar-refractivity contribution in [1.82, 2.24) is 0 Å². The highest BCUT2D eigenvalue weighted by molar-refractivity contribution is 14.1. The Kier molecular flexibility index (Phi) is 5.83. The van der Waals surface area contributed by atoms with Crippen LogP contribution in [0.3, 0.4) is 0 Å². The first-order valence-corrected chi connectivity index (χ1v) is 6.80. The summed E-state index contributed by atoms with van der Waals surface area (Å²) < 4.78 is 1.47. The number of rotatable bonds is 4. The molecule has 0 amide bonds. The predicted octanol–water partition coefficient (Wildman–Crippen LogP) is 5.24. The monoisotopic (exact) mass is 304 g/mol. The largest absolute Gasteiger partial charge is 0.0996 e. The molecule has 0 saturated heterocycles. The Morgan fingerprint density at radius 3 is 2.50 bits per heavy atom. The van der Waals surface area contributed by atoms with Gasteiger partial charge in [0.1, 0.15) is 0 Å². The van der Waals surface area contributed by atoms with E-state index in [9.17, 15) is 0 Å². The molecule has 0 nitrogen and oxygen atoms in total. The van der Waals surface area contributed by atoms with Crippen LogP contribution < -0.4 is 0 Å². The highest BCUT2D eigenvalue weighted by Gasteiger charge is 2.15. The molecule has 0 atom stereocenters. The average molecular weight is 304 g/mol. The van der Waals surface area contributed by atoms with E-state index in [0.717, 1.165) is 5.92 Å². The summed E-state index contributed by atoms with van der Waals surface area (Å²) in [4.78, 5) is 0.